The van der Waals surface area contributed by atoms with Crippen LogP contribution in [0.2, 0.25) is 0 Å². The second-order valence-electron chi connectivity index (χ2n) is 4.08. The van der Waals surface area contributed by atoms with Crippen LogP contribution in [0.3, 0.4) is 0 Å². The van der Waals surface area contributed by atoms with Crippen molar-refractivity contribution in [3.05, 3.63) is 65.7 Å². The second kappa shape index (κ2) is 7.25. The predicted octanol–water partition coefficient (Wildman–Crippen LogP) is 2.43. The topological polar surface area (TPSA) is 59.6 Å². The van der Waals surface area contributed by atoms with E-state index in [4.69, 9.17) is 10.5 Å². The molecule has 0 aromatic heterocycles. The van der Waals surface area contributed by atoms with Gasteiger partial charge < -0.3 is 10.5 Å². The molecule has 0 fully saturated rings. The van der Waals surface area contributed by atoms with Crippen LogP contribution < -0.4 is 15.9 Å². The van der Waals surface area contributed by atoms with Crippen LogP contribution in [0.15, 0.2) is 59.7 Å². The summed E-state index contributed by atoms with van der Waals surface area (Å²) in [6.45, 7) is 0.553. The predicted molar refractivity (Wildman–Crippen MR) is 84.7 cm³/mol. The summed E-state index contributed by atoms with van der Waals surface area (Å²) in [7, 11) is 0. The van der Waals surface area contributed by atoms with Crippen LogP contribution in [0.25, 0.3) is 0 Å². The van der Waals surface area contributed by atoms with Crippen LogP contribution in [0, 0.1) is 0 Å². The highest BCUT2D eigenvalue weighted by Gasteiger charge is 1.95. The van der Waals surface area contributed by atoms with Crippen molar-refractivity contribution in [2.24, 2.45) is 10.8 Å². The van der Waals surface area contributed by atoms with Crippen molar-refractivity contribution in [3.8, 4) is 5.75 Å². The molecular formula is C15H15N3OS. The van der Waals surface area contributed by atoms with Gasteiger partial charge in [-0.1, -0.05) is 30.3 Å². The quantitative estimate of drug-likeness (QED) is 0.503. The SMILES string of the molecule is NC(=S)NN=Cc1ccc(OCc2ccccc2)cc1. The number of hydrogen-bond donors (Lipinski definition) is 2. The van der Waals surface area contributed by atoms with E-state index in [0.717, 1.165) is 16.9 Å². The van der Waals surface area contributed by atoms with Gasteiger partial charge in [-0.15, -0.1) is 0 Å². The number of rotatable bonds is 5. The summed E-state index contributed by atoms with van der Waals surface area (Å²) >= 11 is 4.65. The van der Waals surface area contributed by atoms with E-state index in [-0.39, 0.29) is 5.11 Å². The van der Waals surface area contributed by atoms with Gasteiger partial charge in [-0.05, 0) is 47.6 Å². The average molecular weight is 285 g/mol. The molecule has 0 aliphatic rings. The molecule has 0 amide bonds. The summed E-state index contributed by atoms with van der Waals surface area (Å²) in [6.07, 6.45) is 1.64. The van der Waals surface area contributed by atoms with Crippen molar-refractivity contribution >= 4 is 23.5 Å². The van der Waals surface area contributed by atoms with Gasteiger partial charge in [0.2, 0.25) is 0 Å². The van der Waals surface area contributed by atoms with Crippen molar-refractivity contribution in [2.45, 2.75) is 6.61 Å². The van der Waals surface area contributed by atoms with Gasteiger partial charge in [0.05, 0.1) is 6.21 Å². The van der Waals surface area contributed by atoms with Gasteiger partial charge >= 0.3 is 0 Å². The third kappa shape index (κ3) is 4.70. The minimum atomic E-state index is 0.143. The maximum Gasteiger partial charge on any atom is 0.184 e. The molecule has 0 spiro atoms. The molecule has 0 bridgehead atoms. The monoisotopic (exact) mass is 285 g/mol. The molecule has 2 rings (SSSR count). The molecular weight excluding hydrogens is 270 g/mol. The van der Waals surface area contributed by atoms with Gasteiger partial charge in [0.25, 0.3) is 0 Å². The third-order valence-corrected chi connectivity index (χ3v) is 2.61. The van der Waals surface area contributed by atoms with Crippen molar-refractivity contribution in [1.29, 1.82) is 0 Å². The summed E-state index contributed by atoms with van der Waals surface area (Å²) < 4.78 is 5.69. The first-order chi connectivity index (χ1) is 9.74. The summed E-state index contributed by atoms with van der Waals surface area (Å²) in [5.74, 6) is 0.813. The molecule has 0 unspecified atom stereocenters. The zero-order valence-electron chi connectivity index (χ0n) is 10.8. The highest BCUT2D eigenvalue weighted by Crippen LogP contribution is 2.13. The fourth-order valence-corrected chi connectivity index (χ4v) is 1.61. The van der Waals surface area contributed by atoms with Gasteiger partial charge in [0.15, 0.2) is 5.11 Å². The zero-order chi connectivity index (χ0) is 14.2. The first-order valence-electron chi connectivity index (χ1n) is 6.09. The second-order valence-corrected chi connectivity index (χ2v) is 4.52. The Morgan fingerprint density at radius 2 is 1.85 bits per heavy atom. The molecule has 2 aromatic carbocycles. The van der Waals surface area contributed by atoms with Crippen molar-refractivity contribution in [2.75, 3.05) is 0 Å². The molecule has 0 heterocycles. The summed E-state index contributed by atoms with van der Waals surface area (Å²) in [4.78, 5) is 0. The van der Waals surface area contributed by atoms with Crippen LogP contribution in [-0.2, 0) is 6.61 Å². The molecule has 0 saturated heterocycles. The first kappa shape index (κ1) is 14.0. The molecule has 102 valence electrons. The first-order valence-corrected chi connectivity index (χ1v) is 6.50. The van der Waals surface area contributed by atoms with Crippen molar-refractivity contribution < 1.29 is 4.74 Å². The van der Waals surface area contributed by atoms with Gasteiger partial charge in [-0.25, -0.2) is 0 Å². The molecule has 2 aromatic rings. The fourth-order valence-electron chi connectivity index (χ4n) is 1.56. The van der Waals surface area contributed by atoms with Crippen molar-refractivity contribution in [3.63, 3.8) is 0 Å². The Morgan fingerprint density at radius 1 is 1.15 bits per heavy atom. The average Bonchev–Trinajstić information content (AvgIpc) is 2.47. The van der Waals surface area contributed by atoms with E-state index in [1.165, 1.54) is 0 Å². The lowest BCUT2D eigenvalue weighted by Crippen LogP contribution is -2.23. The number of nitrogens with one attached hydrogen (secondary N) is 1. The van der Waals surface area contributed by atoms with Crippen LogP contribution in [0.4, 0.5) is 0 Å². The number of hydrazone groups is 1. The fraction of sp³-hybridized carbons (Fsp3) is 0.0667. The van der Waals surface area contributed by atoms with E-state index in [9.17, 15) is 0 Å². The molecule has 0 saturated carbocycles. The highest BCUT2D eigenvalue weighted by molar-refractivity contribution is 7.80. The number of benzene rings is 2. The lowest BCUT2D eigenvalue weighted by molar-refractivity contribution is 0.306. The normalized spacial score (nSPS) is 10.4. The van der Waals surface area contributed by atoms with Crippen LogP contribution in [-0.4, -0.2) is 11.3 Å². The number of nitrogens with two attached hydrogens (primary N) is 1. The lowest BCUT2D eigenvalue weighted by Gasteiger charge is -2.06. The Morgan fingerprint density at radius 3 is 2.50 bits per heavy atom. The number of hydrogen-bond acceptors (Lipinski definition) is 3. The largest absolute Gasteiger partial charge is 0.489 e. The maximum absolute atomic E-state index is 5.69. The molecule has 5 heteroatoms. The molecule has 0 aliphatic carbocycles. The molecule has 0 aliphatic heterocycles. The van der Waals surface area contributed by atoms with E-state index >= 15 is 0 Å². The highest BCUT2D eigenvalue weighted by atomic mass is 32.1. The van der Waals surface area contributed by atoms with Crippen LogP contribution >= 0.6 is 12.2 Å². The van der Waals surface area contributed by atoms with E-state index < -0.39 is 0 Å². The maximum atomic E-state index is 5.69. The van der Waals surface area contributed by atoms with Gasteiger partial charge in [-0.2, -0.15) is 5.10 Å². The van der Waals surface area contributed by atoms with E-state index in [2.05, 4.69) is 22.7 Å². The molecule has 4 nitrogen and oxygen atoms in total. The van der Waals surface area contributed by atoms with E-state index in [1.807, 2.05) is 54.6 Å². The van der Waals surface area contributed by atoms with Gasteiger partial charge in [-0.3, -0.25) is 5.43 Å². The van der Waals surface area contributed by atoms with Crippen LogP contribution in [0.1, 0.15) is 11.1 Å². The van der Waals surface area contributed by atoms with Gasteiger partial charge in [0.1, 0.15) is 12.4 Å². The standard InChI is InChI=1S/C15H15N3OS/c16-15(20)18-17-10-12-6-8-14(9-7-12)19-11-13-4-2-1-3-5-13/h1-10H,11H2,(H3,16,18,20). The van der Waals surface area contributed by atoms with E-state index in [0.29, 0.717) is 6.61 Å². The minimum absolute atomic E-state index is 0.143. The zero-order valence-corrected chi connectivity index (χ0v) is 11.6. The minimum Gasteiger partial charge on any atom is -0.489 e. The molecule has 3 N–H and O–H groups in total. The van der Waals surface area contributed by atoms with Gasteiger partial charge in [0, 0.05) is 0 Å². The Labute approximate surface area is 123 Å². The Balaban J connectivity index is 1.88. The smallest absolute Gasteiger partial charge is 0.184 e. The third-order valence-electron chi connectivity index (χ3n) is 2.52. The summed E-state index contributed by atoms with van der Waals surface area (Å²) in [5.41, 5.74) is 9.83. The number of thiocarbonyl (C=S) groups is 1. The lowest BCUT2D eigenvalue weighted by atomic mass is 10.2. The summed E-state index contributed by atoms with van der Waals surface area (Å²) in [5, 5.41) is 4.02. The molecule has 20 heavy (non-hydrogen) atoms. The number of nitrogens with zero attached hydrogens (tertiary/aromatic N) is 1. The Bertz CT molecular complexity index is 582. The van der Waals surface area contributed by atoms with Crippen molar-refractivity contribution in [1.82, 2.24) is 5.43 Å². The van der Waals surface area contributed by atoms with Crippen LogP contribution in [0.5, 0.6) is 5.75 Å². The summed E-state index contributed by atoms with van der Waals surface area (Å²) in [6, 6.07) is 17.6. The molecule has 0 atom stereocenters. The van der Waals surface area contributed by atoms with E-state index in [1.54, 1.807) is 6.21 Å². The molecule has 0 radical (unpaired) electrons. The Hall–Kier alpha value is -2.40. The number of ether oxygens (including phenoxy) is 1. The Kier molecular flexibility index (Phi) is 5.08.